The minimum atomic E-state index is -0.0827. The summed E-state index contributed by atoms with van der Waals surface area (Å²) in [6.45, 7) is 0. The van der Waals surface area contributed by atoms with Crippen molar-refractivity contribution >= 4 is 28.6 Å². The maximum absolute atomic E-state index is 12.2. The minimum Gasteiger partial charge on any atom is -0.353 e. The first-order chi connectivity index (χ1) is 9.65. The van der Waals surface area contributed by atoms with Crippen LogP contribution in [0.25, 0.3) is 10.9 Å². The largest absolute Gasteiger partial charge is 0.353 e. The molecule has 0 unspecified atom stereocenters. The Balaban J connectivity index is 1.81. The molecule has 3 rings (SSSR count). The molecule has 2 aromatic rings. The first kappa shape index (κ1) is 13.2. The van der Waals surface area contributed by atoms with Gasteiger partial charge in [-0.1, -0.05) is 23.9 Å². The number of fused-ring (bicyclic) bond motifs is 1. The second-order valence-corrected chi connectivity index (χ2v) is 5.85. The van der Waals surface area contributed by atoms with Gasteiger partial charge in [-0.3, -0.25) is 14.2 Å². The molecule has 0 spiro atoms. The quantitative estimate of drug-likeness (QED) is 0.681. The fraction of sp³-hybridized carbons (Fsp3) is 0.357. The van der Waals surface area contributed by atoms with Crippen molar-refractivity contribution < 1.29 is 4.79 Å². The van der Waals surface area contributed by atoms with E-state index >= 15 is 0 Å². The lowest BCUT2D eigenvalue weighted by molar-refractivity contribution is -0.118. The Morgan fingerprint density at radius 1 is 1.45 bits per heavy atom. The summed E-state index contributed by atoms with van der Waals surface area (Å²) in [7, 11) is 1.68. The molecule has 1 fully saturated rings. The molecular formula is C14H15N3O2S. The van der Waals surface area contributed by atoms with E-state index < -0.39 is 0 Å². The van der Waals surface area contributed by atoms with Gasteiger partial charge >= 0.3 is 0 Å². The maximum Gasteiger partial charge on any atom is 0.261 e. The van der Waals surface area contributed by atoms with Crippen LogP contribution in [0.4, 0.5) is 0 Å². The van der Waals surface area contributed by atoms with Crippen molar-refractivity contribution in [1.82, 2.24) is 14.9 Å². The molecule has 0 saturated heterocycles. The Bertz CT molecular complexity index is 722. The molecule has 1 saturated carbocycles. The third-order valence-electron chi connectivity index (χ3n) is 3.22. The van der Waals surface area contributed by atoms with Crippen LogP contribution < -0.4 is 10.9 Å². The van der Waals surface area contributed by atoms with Crippen molar-refractivity contribution in [3.63, 3.8) is 0 Å². The average molecular weight is 289 g/mol. The highest BCUT2D eigenvalue weighted by molar-refractivity contribution is 7.99. The molecule has 0 bridgehead atoms. The maximum atomic E-state index is 12.2. The molecule has 0 atom stereocenters. The molecule has 1 N–H and O–H groups in total. The Morgan fingerprint density at radius 2 is 2.20 bits per heavy atom. The summed E-state index contributed by atoms with van der Waals surface area (Å²) < 4.78 is 1.50. The Hall–Kier alpha value is -1.82. The first-order valence-electron chi connectivity index (χ1n) is 6.53. The lowest BCUT2D eigenvalue weighted by Gasteiger charge is -2.08. The summed E-state index contributed by atoms with van der Waals surface area (Å²) in [6, 6.07) is 7.60. The van der Waals surface area contributed by atoms with Crippen molar-refractivity contribution in [3.8, 4) is 0 Å². The Labute approximate surface area is 120 Å². The van der Waals surface area contributed by atoms with Crippen LogP contribution in [0.3, 0.4) is 0 Å². The number of hydrogen-bond acceptors (Lipinski definition) is 4. The van der Waals surface area contributed by atoms with Gasteiger partial charge in [0.15, 0.2) is 5.16 Å². The van der Waals surface area contributed by atoms with Crippen LogP contribution in [-0.4, -0.2) is 27.3 Å². The molecule has 1 aliphatic rings. The normalized spacial score (nSPS) is 14.4. The predicted octanol–water partition coefficient (Wildman–Crippen LogP) is 1.30. The fourth-order valence-corrected chi connectivity index (χ4v) is 2.74. The van der Waals surface area contributed by atoms with Crippen LogP contribution >= 0.6 is 11.8 Å². The van der Waals surface area contributed by atoms with Gasteiger partial charge in [-0.05, 0) is 25.0 Å². The van der Waals surface area contributed by atoms with Crippen LogP contribution in [0.5, 0.6) is 0 Å². The zero-order chi connectivity index (χ0) is 14.1. The van der Waals surface area contributed by atoms with Crippen LogP contribution in [0, 0.1) is 0 Å². The SMILES string of the molecule is Cn1c(SCC(=O)NC2CC2)nc2ccccc2c1=O. The molecule has 1 aromatic carbocycles. The van der Waals surface area contributed by atoms with Crippen molar-refractivity contribution in [2.24, 2.45) is 7.05 Å². The van der Waals surface area contributed by atoms with Crippen LogP contribution in [0.2, 0.25) is 0 Å². The molecule has 5 nitrogen and oxygen atoms in total. The number of para-hydroxylation sites is 1. The van der Waals surface area contributed by atoms with Crippen molar-refractivity contribution in [1.29, 1.82) is 0 Å². The zero-order valence-electron chi connectivity index (χ0n) is 11.1. The summed E-state index contributed by atoms with van der Waals surface area (Å²) in [5.41, 5.74) is 0.585. The highest BCUT2D eigenvalue weighted by Gasteiger charge is 2.23. The molecule has 1 aliphatic carbocycles. The molecule has 1 aromatic heterocycles. The third-order valence-corrected chi connectivity index (χ3v) is 4.25. The van der Waals surface area contributed by atoms with Gasteiger partial charge in [0.05, 0.1) is 16.7 Å². The molecule has 0 radical (unpaired) electrons. The molecule has 20 heavy (non-hydrogen) atoms. The number of thioether (sulfide) groups is 1. The van der Waals surface area contributed by atoms with Gasteiger partial charge in [-0.25, -0.2) is 4.98 Å². The van der Waals surface area contributed by atoms with E-state index in [0.717, 1.165) is 12.8 Å². The monoisotopic (exact) mass is 289 g/mol. The summed E-state index contributed by atoms with van der Waals surface area (Å²) in [4.78, 5) is 28.3. The minimum absolute atomic E-state index is 0.0000856. The van der Waals surface area contributed by atoms with E-state index in [1.54, 1.807) is 13.1 Å². The number of benzene rings is 1. The fourth-order valence-electron chi connectivity index (χ4n) is 1.95. The molecule has 104 valence electrons. The smallest absolute Gasteiger partial charge is 0.261 e. The van der Waals surface area contributed by atoms with Gasteiger partial charge in [0.2, 0.25) is 5.91 Å². The molecule has 6 heteroatoms. The molecule has 0 aliphatic heterocycles. The van der Waals surface area contributed by atoms with E-state index in [1.165, 1.54) is 16.3 Å². The molecule has 1 heterocycles. The third kappa shape index (κ3) is 2.70. The van der Waals surface area contributed by atoms with E-state index in [4.69, 9.17) is 0 Å². The van der Waals surface area contributed by atoms with Gasteiger partial charge in [0, 0.05) is 13.1 Å². The summed E-state index contributed by atoms with van der Waals surface area (Å²) in [5.74, 6) is 0.287. The van der Waals surface area contributed by atoms with Crippen molar-refractivity contribution in [2.75, 3.05) is 5.75 Å². The number of nitrogens with zero attached hydrogens (tertiary/aromatic N) is 2. The number of amides is 1. The summed E-state index contributed by atoms with van der Waals surface area (Å²) >= 11 is 1.29. The van der Waals surface area contributed by atoms with Gasteiger partial charge in [-0.2, -0.15) is 0 Å². The Kier molecular flexibility index (Phi) is 3.48. The van der Waals surface area contributed by atoms with E-state index in [-0.39, 0.29) is 17.2 Å². The highest BCUT2D eigenvalue weighted by atomic mass is 32.2. The Morgan fingerprint density at radius 3 is 2.95 bits per heavy atom. The van der Waals surface area contributed by atoms with E-state index in [9.17, 15) is 9.59 Å². The van der Waals surface area contributed by atoms with E-state index in [0.29, 0.717) is 22.1 Å². The van der Waals surface area contributed by atoms with Crippen molar-refractivity contribution in [2.45, 2.75) is 24.0 Å². The lowest BCUT2D eigenvalue weighted by Crippen LogP contribution is -2.27. The lowest BCUT2D eigenvalue weighted by atomic mass is 10.2. The number of carbonyl (C=O) groups excluding carboxylic acids is 1. The van der Waals surface area contributed by atoms with Gasteiger partial charge in [0.25, 0.3) is 5.56 Å². The second-order valence-electron chi connectivity index (χ2n) is 4.91. The van der Waals surface area contributed by atoms with Gasteiger partial charge < -0.3 is 5.32 Å². The number of nitrogens with one attached hydrogen (secondary N) is 1. The number of hydrogen-bond donors (Lipinski definition) is 1. The summed E-state index contributed by atoms with van der Waals surface area (Å²) in [5, 5.41) is 4.09. The summed E-state index contributed by atoms with van der Waals surface area (Å²) in [6.07, 6.45) is 2.15. The van der Waals surface area contributed by atoms with Crippen LogP contribution in [0.15, 0.2) is 34.2 Å². The van der Waals surface area contributed by atoms with Crippen LogP contribution in [-0.2, 0) is 11.8 Å². The average Bonchev–Trinajstić information content (AvgIpc) is 3.25. The van der Waals surface area contributed by atoms with Crippen LogP contribution in [0.1, 0.15) is 12.8 Å². The zero-order valence-corrected chi connectivity index (χ0v) is 11.9. The second kappa shape index (κ2) is 5.28. The first-order valence-corrected chi connectivity index (χ1v) is 7.51. The predicted molar refractivity (Wildman–Crippen MR) is 78.9 cm³/mol. The van der Waals surface area contributed by atoms with E-state index in [1.807, 2.05) is 18.2 Å². The molecular weight excluding hydrogens is 274 g/mol. The molecule has 1 amide bonds. The number of carbonyl (C=O) groups is 1. The van der Waals surface area contributed by atoms with Gasteiger partial charge in [-0.15, -0.1) is 0 Å². The highest BCUT2D eigenvalue weighted by Crippen LogP contribution is 2.20. The standard InChI is InChI=1S/C14H15N3O2S/c1-17-13(19)10-4-2-3-5-11(10)16-14(17)20-8-12(18)15-9-6-7-9/h2-5,9H,6-8H2,1H3,(H,15,18). The van der Waals surface area contributed by atoms with E-state index in [2.05, 4.69) is 10.3 Å². The number of rotatable bonds is 4. The number of aromatic nitrogens is 2. The van der Waals surface area contributed by atoms with Crippen molar-refractivity contribution in [3.05, 3.63) is 34.6 Å². The topological polar surface area (TPSA) is 64.0 Å². The van der Waals surface area contributed by atoms with Gasteiger partial charge in [0.1, 0.15) is 0 Å².